The topological polar surface area (TPSA) is 157 Å². The maximum absolute atomic E-state index is 12.4. The molecule has 1 aliphatic rings. The minimum Gasteiger partial charge on any atom is -0.466 e. The van der Waals surface area contributed by atoms with Gasteiger partial charge in [-0.15, -0.1) is 0 Å². The third-order valence-corrected chi connectivity index (χ3v) is 4.92. The van der Waals surface area contributed by atoms with Gasteiger partial charge in [0.05, 0.1) is 19.4 Å². The molecule has 0 bridgehead atoms. The number of esters is 1. The van der Waals surface area contributed by atoms with Crippen molar-refractivity contribution in [1.82, 2.24) is 16.0 Å². The molecule has 0 radical (unpaired) electrons. The van der Waals surface area contributed by atoms with Gasteiger partial charge in [0.2, 0.25) is 23.6 Å². The molecular weight excluding hydrogens is 404 g/mol. The van der Waals surface area contributed by atoms with Crippen LogP contribution in [0.15, 0.2) is 30.3 Å². The van der Waals surface area contributed by atoms with E-state index in [4.69, 9.17) is 10.5 Å². The summed E-state index contributed by atoms with van der Waals surface area (Å²) in [5, 5.41) is 7.62. The van der Waals surface area contributed by atoms with E-state index >= 15 is 0 Å². The van der Waals surface area contributed by atoms with E-state index in [0.29, 0.717) is 6.42 Å². The van der Waals surface area contributed by atoms with Crippen molar-refractivity contribution in [3.63, 3.8) is 0 Å². The Bertz CT molecular complexity index is 828. The molecule has 0 unspecified atom stereocenters. The summed E-state index contributed by atoms with van der Waals surface area (Å²) in [6.45, 7) is 3.43. The summed E-state index contributed by atoms with van der Waals surface area (Å²) >= 11 is 0. The van der Waals surface area contributed by atoms with Crippen molar-refractivity contribution < 1.29 is 28.7 Å². The van der Waals surface area contributed by atoms with E-state index in [1.165, 1.54) is 0 Å². The molecule has 0 aromatic heterocycles. The number of amides is 4. The zero-order valence-corrected chi connectivity index (χ0v) is 17.6. The van der Waals surface area contributed by atoms with Crippen LogP contribution >= 0.6 is 0 Å². The SMILES string of the molecule is CCOC(=O)C[C@H](C)[C@H](NC(=O)C[C@@H]1NC(=O)[C@H](Cc2ccccc2)NC1=O)C(N)=O. The molecule has 0 aliphatic carbocycles. The molecule has 5 N–H and O–H groups in total. The van der Waals surface area contributed by atoms with Crippen LogP contribution in [0.5, 0.6) is 0 Å². The second kappa shape index (κ2) is 11.1. The number of nitrogens with one attached hydrogen (secondary N) is 3. The monoisotopic (exact) mass is 432 g/mol. The average molecular weight is 432 g/mol. The molecule has 1 aromatic carbocycles. The van der Waals surface area contributed by atoms with Crippen LogP contribution in [0, 0.1) is 5.92 Å². The summed E-state index contributed by atoms with van der Waals surface area (Å²) < 4.78 is 4.84. The first-order valence-electron chi connectivity index (χ1n) is 10.1. The number of piperazine rings is 1. The highest BCUT2D eigenvalue weighted by Gasteiger charge is 2.36. The smallest absolute Gasteiger partial charge is 0.306 e. The Kier molecular flexibility index (Phi) is 8.53. The molecule has 10 nitrogen and oxygen atoms in total. The Morgan fingerprint density at radius 1 is 1.10 bits per heavy atom. The molecule has 168 valence electrons. The van der Waals surface area contributed by atoms with Crippen LogP contribution in [0.3, 0.4) is 0 Å². The molecule has 1 aromatic rings. The number of benzene rings is 1. The van der Waals surface area contributed by atoms with Crippen LogP contribution in [0.4, 0.5) is 0 Å². The van der Waals surface area contributed by atoms with Crippen LogP contribution in [0.25, 0.3) is 0 Å². The quantitative estimate of drug-likeness (QED) is 0.353. The lowest BCUT2D eigenvalue weighted by molar-refractivity contribution is -0.145. The van der Waals surface area contributed by atoms with Crippen LogP contribution < -0.4 is 21.7 Å². The van der Waals surface area contributed by atoms with E-state index < -0.39 is 53.6 Å². The zero-order valence-electron chi connectivity index (χ0n) is 17.6. The third kappa shape index (κ3) is 7.09. The van der Waals surface area contributed by atoms with Gasteiger partial charge in [-0.2, -0.15) is 0 Å². The number of carbonyl (C=O) groups excluding carboxylic acids is 5. The first-order valence-corrected chi connectivity index (χ1v) is 10.1. The summed E-state index contributed by atoms with van der Waals surface area (Å²) in [6.07, 6.45) is -0.151. The Morgan fingerprint density at radius 3 is 2.32 bits per heavy atom. The lowest BCUT2D eigenvalue weighted by Crippen LogP contribution is -2.63. The number of carbonyl (C=O) groups is 5. The Hall–Kier alpha value is -3.43. The standard InChI is InChI=1S/C21H28N4O6/c1-3-31-17(27)9-12(2)18(19(22)28)25-16(26)11-15-21(30)23-14(20(29)24-15)10-13-7-5-4-6-8-13/h4-8,12,14-15,18H,3,9-11H2,1-2H3,(H2,22,28)(H,23,30)(H,24,29)(H,25,26)/t12-,14-,15-,18-/m0/s1. The number of hydrogen-bond donors (Lipinski definition) is 4. The summed E-state index contributed by atoms with van der Waals surface area (Å²) in [4.78, 5) is 60.5. The van der Waals surface area contributed by atoms with E-state index in [9.17, 15) is 24.0 Å². The normalized spacial score (nSPS) is 20.1. The highest BCUT2D eigenvalue weighted by atomic mass is 16.5. The number of hydrogen-bond acceptors (Lipinski definition) is 6. The predicted octanol–water partition coefficient (Wildman–Crippen LogP) is -0.838. The van der Waals surface area contributed by atoms with E-state index in [0.717, 1.165) is 5.56 Å². The van der Waals surface area contributed by atoms with Crippen LogP contribution in [0.2, 0.25) is 0 Å². The fraction of sp³-hybridized carbons (Fsp3) is 0.476. The molecule has 31 heavy (non-hydrogen) atoms. The second-order valence-corrected chi connectivity index (χ2v) is 7.45. The highest BCUT2D eigenvalue weighted by molar-refractivity contribution is 5.99. The van der Waals surface area contributed by atoms with E-state index in [1.807, 2.05) is 30.3 Å². The van der Waals surface area contributed by atoms with Crippen molar-refractivity contribution in [2.75, 3.05) is 6.61 Å². The maximum atomic E-state index is 12.4. The fourth-order valence-corrected chi connectivity index (χ4v) is 3.33. The van der Waals surface area contributed by atoms with Gasteiger partial charge in [0.1, 0.15) is 18.1 Å². The third-order valence-electron chi connectivity index (χ3n) is 4.92. The van der Waals surface area contributed by atoms with E-state index in [1.54, 1.807) is 13.8 Å². The summed E-state index contributed by atoms with van der Waals surface area (Å²) in [5.74, 6) is -3.48. The van der Waals surface area contributed by atoms with Crippen molar-refractivity contribution in [2.45, 2.75) is 51.2 Å². The fourth-order valence-electron chi connectivity index (χ4n) is 3.33. The van der Waals surface area contributed by atoms with Crippen molar-refractivity contribution in [3.05, 3.63) is 35.9 Å². The Morgan fingerprint density at radius 2 is 1.71 bits per heavy atom. The number of nitrogens with two attached hydrogens (primary N) is 1. The first-order chi connectivity index (χ1) is 14.7. The van der Waals surface area contributed by atoms with Crippen LogP contribution in [-0.4, -0.2) is 54.3 Å². The molecule has 1 aliphatic heterocycles. The molecule has 2 rings (SSSR count). The van der Waals surface area contributed by atoms with Crippen molar-refractivity contribution in [3.8, 4) is 0 Å². The molecule has 4 atom stereocenters. The van der Waals surface area contributed by atoms with Gasteiger partial charge in [0.15, 0.2) is 0 Å². The van der Waals surface area contributed by atoms with Gasteiger partial charge in [-0.05, 0) is 18.4 Å². The zero-order chi connectivity index (χ0) is 23.0. The van der Waals surface area contributed by atoms with Crippen molar-refractivity contribution in [2.24, 2.45) is 11.7 Å². The van der Waals surface area contributed by atoms with Gasteiger partial charge < -0.3 is 26.4 Å². The largest absolute Gasteiger partial charge is 0.466 e. The number of rotatable bonds is 10. The summed E-state index contributed by atoms with van der Waals surface area (Å²) in [7, 11) is 0. The van der Waals surface area contributed by atoms with Crippen LogP contribution in [0.1, 0.15) is 32.3 Å². The molecule has 1 saturated heterocycles. The van der Waals surface area contributed by atoms with Gasteiger partial charge in [-0.25, -0.2) is 0 Å². The summed E-state index contributed by atoms with van der Waals surface area (Å²) in [5.41, 5.74) is 6.24. The average Bonchev–Trinajstić information content (AvgIpc) is 2.70. The van der Waals surface area contributed by atoms with Crippen molar-refractivity contribution in [1.29, 1.82) is 0 Å². The van der Waals surface area contributed by atoms with E-state index in [-0.39, 0.29) is 19.4 Å². The molecule has 1 heterocycles. The lowest BCUT2D eigenvalue weighted by atomic mass is 9.97. The van der Waals surface area contributed by atoms with Gasteiger partial charge in [-0.1, -0.05) is 37.3 Å². The minimum absolute atomic E-state index is 0.108. The second-order valence-electron chi connectivity index (χ2n) is 7.45. The molecule has 1 fully saturated rings. The van der Waals surface area contributed by atoms with Gasteiger partial charge >= 0.3 is 5.97 Å². The maximum Gasteiger partial charge on any atom is 0.306 e. The van der Waals surface area contributed by atoms with Gasteiger partial charge in [-0.3, -0.25) is 24.0 Å². The first kappa shape index (κ1) is 23.8. The Labute approximate surface area is 180 Å². The summed E-state index contributed by atoms with van der Waals surface area (Å²) in [6, 6.07) is 6.29. The molecule has 10 heteroatoms. The number of ether oxygens (including phenoxy) is 1. The Balaban J connectivity index is 1.92. The molecule has 4 amide bonds. The molecular formula is C21H28N4O6. The van der Waals surface area contributed by atoms with Crippen LogP contribution in [-0.2, 0) is 35.1 Å². The molecule has 0 saturated carbocycles. The van der Waals surface area contributed by atoms with Crippen molar-refractivity contribution >= 4 is 29.6 Å². The minimum atomic E-state index is -1.12. The van der Waals surface area contributed by atoms with Gasteiger partial charge in [0.25, 0.3) is 0 Å². The van der Waals surface area contributed by atoms with Gasteiger partial charge in [0, 0.05) is 6.42 Å². The lowest BCUT2D eigenvalue weighted by Gasteiger charge is -2.30. The molecule has 0 spiro atoms. The van der Waals surface area contributed by atoms with E-state index in [2.05, 4.69) is 16.0 Å². The highest BCUT2D eigenvalue weighted by Crippen LogP contribution is 2.12. The predicted molar refractivity (Wildman–Crippen MR) is 110 cm³/mol. The number of primary amides is 1.